The molecule has 1 aromatic heterocycles. The van der Waals surface area contributed by atoms with E-state index >= 15 is 0 Å². The Bertz CT molecular complexity index is 503. The molecular formula is C13H18N2O2S2. The number of carboxylic acid groups (broad SMARTS) is 1. The lowest BCUT2D eigenvalue weighted by Gasteiger charge is -2.37. The first kappa shape index (κ1) is 13.2. The summed E-state index contributed by atoms with van der Waals surface area (Å²) < 4.78 is 0. The van der Waals surface area contributed by atoms with E-state index in [0.29, 0.717) is 17.7 Å². The van der Waals surface area contributed by atoms with E-state index in [0.717, 1.165) is 29.5 Å². The maximum Gasteiger partial charge on any atom is 0.312 e. The zero-order valence-electron chi connectivity index (χ0n) is 11.1. The second-order valence-electron chi connectivity index (χ2n) is 5.24. The number of hydrogen-bond donors (Lipinski definition) is 1. The van der Waals surface area contributed by atoms with Crippen molar-refractivity contribution >= 4 is 34.2 Å². The SMILES string of the molecule is CC1SCCN(c2nc3c(s2)CCC3C(=O)O)C1C. The summed E-state index contributed by atoms with van der Waals surface area (Å²) in [5.74, 6) is 0.0103. The second-order valence-corrected chi connectivity index (χ2v) is 7.79. The zero-order chi connectivity index (χ0) is 13.6. The van der Waals surface area contributed by atoms with Crippen molar-refractivity contribution < 1.29 is 9.90 Å². The third kappa shape index (κ3) is 2.25. The Balaban J connectivity index is 1.87. The minimum absolute atomic E-state index is 0.383. The van der Waals surface area contributed by atoms with Crippen LogP contribution in [0.1, 0.15) is 36.8 Å². The molecule has 4 nitrogen and oxygen atoms in total. The molecule has 6 heteroatoms. The number of carboxylic acids is 1. The molecule has 0 spiro atoms. The number of aliphatic carboxylic acids is 1. The fourth-order valence-electron chi connectivity index (χ4n) is 2.78. The molecule has 0 radical (unpaired) electrons. The average Bonchev–Trinajstić information content (AvgIpc) is 2.91. The second kappa shape index (κ2) is 4.98. The van der Waals surface area contributed by atoms with Crippen molar-refractivity contribution in [2.24, 2.45) is 0 Å². The van der Waals surface area contributed by atoms with Gasteiger partial charge in [-0.25, -0.2) is 4.98 Å². The molecule has 0 bridgehead atoms. The lowest BCUT2D eigenvalue weighted by atomic mass is 10.1. The van der Waals surface area contributed by atoms with Crippen LogP contribution in [0.5, 0.6) is 0 Å². The molecule has 0 saturated carbocycles. The summed E-state index contributed by atoms with van der Waals surface area (Å²) in [5.41, 5.74) is 0.825. The highest BCUT2D eigenvalue weighted by Crippen LogP contribution is 2.41. The Labute approximate surface area is 121 Å². The Hall–Kier alpha value is -0.750. The highest BCUT2D eigenvalue weighted by atomic mass is 32.2. The van der Waals surface area contributed by atoms with E-state index in [1.807, 2.05) is 11.8 Å². The normalized spacial score (nSPS) is 30.4. The van der Waals surface area contributed by atoms with Gasteiger partial charge < -0.3 is 10.0 Å². The molecule has 1 fully saturated rings. The van der Waals surface area contributed by atoms with Gasteiger partial charge in [-0.2, -0.15) is 11.8 Å². The highest BCUT2D eigenvalue weighted by Gasteiger charge is 2.35. The molecule has 0 amide bonds. The van der Waals surface area contributed by atoms with Crippen LogP contribution in [0, 0.1) is 0 Å². The van der Waals surface area contributed by atoms with E-state index in [4.69, 9.17) is 0 Å². The van der Waals surface area contributed by atoms with E-state index in [1.165, 1.54) is 4.88 Å². The topological polar surface area (TPSA) is 53.4 Å². The van der Waals surface area contributed by atoms with Gasteiger partial charge in [0.2, 0.25) is 0 Å². The summed E-state index contributed by atoms with van der Waals surface area (Å²) in [6.07, 6.45) is 1.59. The number of hydrogen-bond acceptors (Lipinski definition) is 5. The number of nitrogens with zero attached hydrogens (tertiary/aromatic N) is 2. The van der Waals surface area contributed by atoms with Gasteiger partial charge in [-0.05, 0) is 19.8 Å². The molecule has 3 unspecified atom stereocenters. The molecule has 3 atom stereocenters. The van der Waals surface area contributed by atoms with Crippen LogP contribution in [0.15, 0.2) is 0 Å². The van der Waals surface area contributed by atoms with Crippen molar-refractivity contribution in [3.05, 3.63) is 10.6 Å². The number of carbonyl (C=O) groups is 1. The summed E-state index contributed by atoms with van der Waals surface area (Å²) in [7, 11) is 0. The largest absolute Gasteiger partial charge is 0.481 e. The zero-order valence-corrected chi connectivity index (χ0v) is 12.8. The van der Waals surface area contributed by atoms with Gasteiger partial charge in [0.15, 0.2) is 5.13 Å². The third-order valence-electron chi connectivity index (χ3n) is 4.13. The van der Waals surface area contributed by atoms with Crippen molar-refractivity contribution in [2.75, 3.05) is 17.2 Å². The molecule has 3 rings (SSSR count). The molecule has 1 N–H and O–H groups in total. The Morgan fingerprint density at radius 3 is 3.00 bits per heavy atom. The molecule has 0 aromatic carbocycles. The summed E-state index contributed by atoms with van der Waals surface area (Å²) in [5, 5.41) is 10.8. The van der Waals surface area contributed by atoms with Crippen molar-refractivity contribution in [3.8, 4) is 0 Å². The van der Waals surface area contributed by atoms with Crippen molar-refractivity contribution in [1.82, 2.24) is 4.98 Å². The molecule has 104 valence electrons. The predicted octanol–water partition coefficient (Wildman–Crippen LogP) is 2.59. The van der Waals surface area contributed by atoms with Gasteiger partial charge in [0, 0.05) is 28.5 Å². The van der Waals surface area contributed by atoms with Crippen LogP contribution in [0.3, 0.4) is 0 Å². The Kier molecular flexibility index (Phi) is 3.47. The van der Waals surface area contributed by atoms with Crippen molar-refractivity contribution in [3.63, 3.8) is 0 Å². The first-order valence-corrected chi connectivity index (χ1v) is 8.55. The fourth-order valence-corrected chi connectivity index (χ4v) is 5.13. The first-order chi connectivity index (χ1) is 9.08. The molecule has 2 heterocycles. The van der Waals surface area contributed by atoms with Gasteiger partial charge in [0.25, 0.3) is 0 Å². The van der Waals surface area contributed by atoms with Crippen LogP contribution in [0.25, 0.3) is 0 Å². The number of thioether (sulfide) groups is 1. The number of anilines is 1. The highest BCUT2D eigenvalue weighted by molar-refractivity contribution is 8.00. The van der Waals surface area contributed by atoms with E-state index in [-0.39, 0.29) is 5.92 Å². The van der Waals surface area contributed by atoms with Crippen LogP contribution in [0.2, 0.25) is 0 Å². The molecule has 1 saturated heterocycles. The number of thiazole rings is 1. The van der Waals surface area contributed by atoms with Gasteiger partial charge in [0.1, 0.15) is 5.92 Å². The quantitative estimate of drug-likeness (QED) is 0.909. The molecule has 2 aliphatic rings. The van der Waals surface area contributed by atoms with Crippen LogP contribution in [-0.4, -0.2) is 39.6 Å². The number of rotatable bonds is 2. The minimum atomic E-state index is -0.730. The third-order valence-corrected chi connectivity index (χ3v) is 6.64. The molecular weight excluding hydrogens is 280 g/mol. The van der Waals surface area contributed by atoms with Crippen LogP contribution < -0.4 is 4.90 Å². The van der Waals surface area contributed by atoms with E-state index < -0.39 is 5.97 Å². The fraction of sp³-hybridized carbons (Fsp3) is 0.692. The standard InChI is InChI=1S/C13H18N2O2S2/c1-7-8(2)18-6-5-15(7)13-14-11-9(12(16)17)3-4-10(11)19-13/h7-9H,3-6H2,1-2H3,(H,16,17). The van der Waals surface area contributed by atoms with Crippen molar-refractivity contribution in [1.29, 1.82) is 0 Å². The van der Waals surface area contributed by atoms with Gasteiger partial charge in [0.05, 0.1) is 5.69 Å². The van der Waals surface area contributed by atoms with Crippen molar-refractivity contribution in [2.45, 2.75) is 43.9 Å². The van der Waals surface area contributed by atoms with Gasteiger partial charge in [-0.3, -0.25) is 4.79 Å². The molecule has 1 aliphatic carbocycles. The Morgan fingerprint density at radius 1 is 1.47 bits per heavy atom. The lowest BCUT2D eigenvalue weighted by molar-refractivity contribution is -0.138. The van der Waals surface area contributed by atoms with E-state index in [9.17, 15) is 9.90 Å². The minimum Gasteiger partial charge on any atom is -0.481 e. The van der Waals surface area contributed by atoms with Crippen LogP contribution in [-0.2, 0) is 11.2 Å². The molecule has 19 heavy (non-hydrogen) atoms. The van der Waals surface area contributed by atoms with Crippen LogP contribution in [0.4, 0.5) is 5.13 Å². The summed E-state index contributed by atoms with van der Waals surface area (Å²) in [4.78, 5) is 19.4. The maximum atomic E-state index is 11.2. The van der Waals surface area contributed by atoms with Crippen LogP contribution >= 0.6 is 23.1 Å². The number of aryl methyl sites for hydroxylation is 1. The molecule has 1 aliphatic heterocycles. The van der Waals surface area contributed by atoms with Gasteiger partial charge in [-0.15, -0.1) is 11.3 Å². The lowest BCUT2D eigenvalue weighted by Crippen LogP contribution is -2.44. The summed E-state index contributed by atoms with van der Waals surface area (Å²) in [6, 6.07) is 0.466. The molecule has 1 aromatic rings. The predicted molar refractivity (Wildman–Crippen MR) is 79.5 cm³/mol. The summed E-state index contributed by atoms with van der Waals surface area (Å²) in [6.45, 7) is 5.50. The Morgan fingerprint density at radius 2 is 2.26 bits per heavy atom. The smallest absolute Gasteiger partial charge is 0.312 e. The number of aromatic nitrogens is 1. The van der Waals surface area contributed by atoms with Gasteiger partial charge >= 0.3 is 5.97 Å². The maximum absolute atomic E-state index is 11.2. The van der Waals surface area contributed by atoms with E-state index in [2.05, 4.69) is 23.7 Å². The van der Waals surface area contributed by atoms with E-state index in [1.54, 1.807) is 11.3 Å². The summed E-state index contributed by atoms with van der Waals surface area (Å²) >= 11 is 3.70. The first-order valence-electron chi connectivity index (χ1n) is 6.68. The average molecular weight is 298 g/mol. The van der Waals surface area contributed by atoms with Gasteiger partial charge in [-0.1, -0.05) is 6.92 Å². The number of fused-ring (bicyclic) bond motifs is 1. The monoisotopic (exact) mass is 298 g/mol.